The van der Waals surface area contributed by atoms with Crippen LogP contribution in [0.5, 0.6) is 0 Å². The molecule has 0 saturated carbocycles. The highest BCUT2D eigenvalue weighted by atomic mass is 14.6. The number of pyridine rings is 1. The van der Waals surface area contributed by atoms with Crippen molar-refractivity contribution in [2.75, 3.05) is 0 Å². The minimum atomic E-state index is 0.563. The van der Waals surface area contributed by atoms with Crippen molar-refractivity contribution in [3.63, 3.8) is 0 Å². The van der Waals surface area contributed by atoms with E-state index in [0.717, 1.165) is 5.52 Å². The summed E-state index contributed by atoms with van der Waals surface area (Å²) < 4.78 is 0. The molecule has 1 nitrogen and oxygen atoms in total. The Bertz CT molecular complexity index is 439. The monoisotopic (exact) mass is 229 g/mol. The van der Waals surface area contributed by atoms with E-state index in [0.29, 0.717) is 5.92 Å². The molecule has 1 aromatic heterocycles. The zero-order valence-electron chi connectivity index (χ0n) is 11.4. The lowest BCUT2D eigenvalue weighted by Gasteiger charge is -2.08. The van der Waals surface area contributed by atoms with Crippen molar-refractivity contribution in [3.8, 4) is 0 Å². The first kappa shape index (κ1) is 13.7. The van der Waals surface area contributed by atoms with E-state index in [2.05, 4.69) is 56.9 Å². The molecule has 0 saturated heterocycles. The van der Waals surface area contributed by atoms with Crippen LogP contribution in [0.25, 0.3) is 10.9 Å². The Morgan fingerprint density at radius 2 is 1.71 bits per heavy atom. The summed E-state index contributed by atoms with van der Waals surface area (Å²) in [5.41, 5.74) is 2.47. The first-order valence-corrected chi connectivity index (χ1v) is 6.54. The average Bonchev–Trinajstić information content (AvgIpc) is 2.38. The summed E-state index contributed by atoms with van der Waals surface area (Å²) in [5.74, 6) is 0.563. The number of aromatic nitrogens is 1. The second-order valence-electron chi connectivity index (χ2n) is 4.57. The molecule has 0 aliphatic carbocycles. The van der Waals surface area contributed by atoms with Gasteiger partial charge < -0.3 is 0 Å². The van der Waals surface area contributed by atoms with Gasteiger partial charge in [0.15, 0.2) is 0 Å². The van der Waals surface area contributed by atoms with Crippen molar-refractivity contribution in [2.45, 2.75) is 46.5 Å². The fourth-order valence-electron chi connectivity index (χ4n) is 1.63. The summed E-state index contributed by atoms with van der Waals surface area (Å²) in [6.07, 6.45) is 4.48. The number of nitrogens with zero attached hydrogens (tertiary/aromatic N) is 1. The second kappa shape index (κ2) is 7.05. The minimum absolute atomic E-state index is 0.563. The van der Waals surface area contributed by atoms with Crippen LogP contribution in [0.15, 0.2) is 36.5 Å². The molecular weight excluding hydrogens is 206 g/mol. The van der Waals surface area contributed by atoms with Gasteiger partial charge in [0.1, 0.15) is 0 Å². The van der Waals surface area contributed by atoms with E-state index in [1.807, 2.05) is 12.3 Å². The Morgan fingerprint density at radius 1 is 1.00 bits per heavy atom. The van der Waals surface area contributed by atoms with Gasteiger partial charge in [-0.15, -0.1) is 0 Å². The lowest BCUT2D eigenvalue weighted by atomic mass is 9.98. The molecule has 0 bridgehead atoms. The minimum Gasteiger partial charge on any atom is -0.256 e. The van der Waals surface area contributed by atoms with Crippen molar-refractivity contribution in [3.05, 3.63) is 42.1 Å². The summed E-state index contributed by atoms with van der Waals surface area (Å²) in [4.78, 5) is 4.32. The van der Waals surface area contributed by atoms with Gasteiger partial charge in [-0.05, 0) is 23.6 Å². The number of benzene rings is 1. The normalized spacial score (nSPS) is 10.2. The van der Waals surface area contributed by atoms with Crippen LogP contribution >= 0.6 is 0 Å². The molecule has 1 aromatic carbocycles. The van der Waals surface area contributed by atoms with Gasteiger partial charge in [0.2, 0.25) is 0 Å². The molecule has 2 aromatic rings. The number of rotatable bonds is 2. The van der Waals surface area contributed by atoms with Crippen LogP contribution < -0.4 is 0 Å². The standard InChI is InChI=1S/C12H13N.C4H10/c1-9(2)10-5-3-7-12-11(10)6-4-8-13-12;1-3-4-2/h3-9H,1-2H3;3-4H2,1-2H3. The molecular formula is C16H23N. The molecule has 0 aliphatic heterocycles. The van der Waals surface area contributed by atoms with E-state index in [1.54, 1.807) is 0 Å². The number of hydrogen-bond acceptors (Lipinski definition) is 1. The summed E-state index contributed by atoms with van der Waals surface area (Å²) in [5, 5.41) is 1.28. The largest absolute Gasteiger partial charge is 0.256 e. The van der Waals surface area contributed by atoms with Gasteiger partial charge in [-0.3, -0.25) is 4.98 Å². The first-order chi connectivity index (χ1) is 8.20. The van der Waals surface area contributed by atoms with Gasteiger partial charge in [-0.25, -0.2) is 0 Å². The molecule has 0 unspecified atom stereocenters. The number of unbranched alkanes of at least 4 members (excludes halogenated alkanes) is 1. The molecule has 0 fully saturated rings. The molecule has 0 atom stereocenters. The Kier molecular flexibility index (Phi) is 5.68. The lowest BCUT2D eigenvalue weighted by molar-refractivity contribution is 0.876. The smallest absolute Gasteiger partial charge is 0.0704 e. The molecule has 2 rings (SSSR count). The molecule has 1 heterocycles. The molecule has 17 heavy (non-hydrogen) atoms. The van der Waals surface area contributed by atoms with Gasteiger partial charge in [-0.1, -0.05) is 58.7 Å². The van der Waals surface area contributed by atoms with Crippen LogP contribution in [0.3, 0.4) is 0 Å². The number of hydrogen-bond donors (Lipinski definition) is 0. The summed E-state index contributed by atoms with van der Waals surface area (Å²) in [7, 11) is 0. The Labute approximate surface area is 105 Å². The summed E-state index contributed by atoms with van der Waals surface area (Å²) in [6, 6.07) is 10.4. The Balaban J connectivity index is 0.000000317. The highest BCUT2D eigenvalue weighted by Crippen LogP contribution is 2.23. The maximum absolute atomic E-state index is 4.32. The zero-order valence-corrected chi connectivity index (χ0v) is 11.4. The third-order valence-electron chi connectivity index (χ3n) is 2.80. The first-order valence-electron chi connectivity index (χ1n) is 6.54. The van der Waals surface area contributed by atoms with E-state index in [1.165, 1.54) is 23.8 Å². The van der Waals surface area contributed by atoms with Gasteiger partial charge >= 0.3 is 0 Å². The summed E-state index contributed by atoms with van der Waals surface area (Å²) in [6.45, 7) is 8.78. The molecule has 0 spiro atoms. The van der Waals surface area contributed by atoms with Crippen LogP contribution in [0.1, 0.15) is 52.0 Å². The topological polar surface area (TPSA) is 12.9 Å². The van der Waals surface area contributed by atoms with Crippen LogP contribution in [-0.4, -0.2) is 4.98 Å². The van der Waals surface area contributed by atoms with Crippen molar-refractivity contribution in [1.29, 1.82) is 0 Å². The quantitative estimate of drug-likeness (QED) is 0.692. The van der Waals surface area contributed by atoms with Crippen LogP contribution in [0.4, 0.5) is 0 Å². The fourth-order valence-corrected chi connectivity index (χ4v) is 1.63. The SMILES string of the molecule is CC(C)c1cccc2ncccc12.CCCC. The third-order valence-corrected chi connectivity index (χ3v) is 2.80. The fraction of sp³-hybridized carbons (Fsp3) is 0.438. The maximum Gasteiger partial charge on any atom is 0.0704 e. The van der Waals surface area contributed by atoms with E-state index in [-0.39, 0.29) is 0 Å². The predicted octanol–water partition coefficient (Wildman–Crippen LogP) is 5.16. The second-order valence-corrected chi connectivity index (χ2v) is 4.57. The predicted molar refractivity (Wildman–Crippen MR) is 76.4 cm³/mol. The lowest BCUT2D eigenvalue weighted by Crippen LogP contribution is -1.89. The van der Waals surface area contributed by atoms with Crippen LogP contribution in [0, 0.1) is 0 Å². The molecule has 0 radical (unpaired) electrons. The molecule has 0 amide bonds. The molecule has 92 valence electrons. The zero-order chi connectivity index (χ0) is 12.7. The van der Waals surface area contributed by atoms with Crippen molar-refractivity contribution < 1.29 is 0 Å². The van der Waals surface area contributed by atoms with Gasteiger partial charge in [0.05, 0.1) is 5.52 Å². The van der Waals surface area contributed by atoms with Crippen molar-refractivity contribution >= 4 is 10.9 Å². The Morgan fingerprint density at radius 3 is 2.29 bits per heavy atom. The van der Waals surface area contributed by atoms with E-state index >= 15 is 0 Å². The van der Waals surface area contributed by atoms with Gasteiger partial charge in [-0.2, -0.15) is 0 Å². The third kappa shape index (κ3) is 3.85. The highest BCUT2D eigenvalue weighted by molar-refractivity contribution is 5.82. The maximum atomic E-state index is 4.32. The van der Waals surface area contributed by atoms with E-state index in [4.69, 9.17) is 0 Å². The van der Waals surface area contributed by atoms with E-state index in [9.17, 15) is 0 Å². The van der Waals surface area contributed by atoms with Crippen molar-refractivity contribution in [2.24, 2.45) is 0 Å². The highest BCUT2D eigenvalue weighted by Gasteiger charge is 2.03. The van der Waals surface area contributed by atoms with Crippen molar-refractivity contribution in [1.82, 2.24) is 4.98 Å². The van der Waals surface area contributed by atoms with Gasteiger partial charge in [0, 0.05) is 11.6 Å². The van der Waals surface area contributed by atoms with E-state index < -0.39 is 0 Å². The molecule has 0 N–H and O–H groups in total. The average molecular weight is 229 g/mol. The molecule has 1 heteroatoms. The van der Waals surface area contributed by atoms with Crippen LogP contribution in [-0.2, 0) is 0 Å². The summed E-state index contributed by atoms with van der Waals surface area (Å²) >= 11 is 0. The Hall–Kier alpha value is -1.37. The van der Waals surface area contributed by atoms with Gasteiger partial charge in [0.25, 0.3) is 0 Å². The molecule has 0 aliphatic rings. The van der Waals surface area contributed by atoms with Crippen LogP contribution in [0.2, 0.25) is 0 Å². The number of fused-ring (bicyclic) bond motifs is 1.